The van der Waals surface area contributed by atoms with Crippen LogP contribution in [0.3, 0.4) is 0 Å². The molecule has 1 saturated carbocycles. The molecule has 174 valence electrons. The summed E-state index contributed by atoms with van der Waals surface area (Å²) >= 11 is 0. The van der Waals surface area contributed by atoms with Crippen LogP contribution in [0.2, 0.25) is 0 Å². The van der Waals surface area contributed by atoms with Crippen LogP contribution in [0.4, 0.5) is 30.4 Å². The van der Waals surface area contributed by atoms with Crippen molar-refractivity contribution in [1.29, 1.82) is 0 Å². The maximum absolute atomic E-state index is 13.7. The lowest BCUT2D eigenvalue weighted by Gasteiger charge is -2.31. The Hall–Kier alpha value is -2.95. The quantitative estimate of drug-likeness (QED) is 0.458. The molecule has 0 bridgehead atoms. The molecule has 32 heavy (non-hydrogen) atoms. The Morgan fingerprint density at radius 2 is 1.97 bits per heavy atom. The topological polar surface area (TPSA) is 107 Å². The maximum Gasteiger partial charge on any atom is 0.418 e. The van der Waals surface area contributed by atoms with Gasteiger partial charge in [-0.05, 0) is 25.0 Å². The zero-order chi connectivity index (χ0) is 23.8. The summed E-state index contributed by atoms with van der Waals surface area (Å²) in [6.07, 6.45) is -1.92. The van der Waals surface area contributed by atoms with Crippen molar-refractivity contribution in [2.75, 3.05) is 37.9 Å². The van der Waals surface area contributed by atoms with Crippen molar-refractivity contribution in [3.05, 3.63) is 39.7 Å². The molecule has 0 unspecified atom stereocenters. The summed E-state index contributed by atoms with van der Waals surface area (Å²) in [5.41, 5.74) is 4.67. The molecule has 1 aliphatic carbocycles. The molecule has 2 N–H and O–H groups in total. The average molecular weight is 453 g/mol. The summed E-state index contributed by atoms with van der Waals surface area (Å²) in [7, 11) is 3.21. The summed E-state index contributed by atoms with van der Waals surface area (Å²) in [4.78, 5) is 20.8. The van der Waals surface area contributed by atoms with Crippen molar-refractivity contribution in [1.82, 2.24) is 9.97 Å². The van der Waals surface area contributed by atoms with Crippen molar-refractivity contribution >= 4 is 17.2 Å². The van der Waals surface area contributed by atoms with Crippen molar-refractivity contribution in [3.63, 3.8) is 0 Å². The van der Waals surface area contributed by atoms with Gasteiger partial charge in [-0.2, -0.15) is 13.2 Å². The number of methoxy groups -OCH3 is 1. The van der Waals surface area contributed by atoms with E-state index in [2.05, 4.69) is 9.97 Å². The molecule has 11 heteroatoms. The molecule has 0 aliphatic heterocycles. The second-order valence-electron chi connectivity index (χ2n) is 8.90. The largest absolute Gasteiger partial charge is 0.418 e. The number of ether oxygens (including phenoxy) is 1. The van der Waals surface area contributed by atoms with Crippen LogP contribution in [0.5, 0.6) is 0 Å². The number of pyridine rings is 2. The summed E-state index contributed by atoms with van der Waals surface area (Å²) in [6.45, 7) is 4.64. The zero-order valence-electron chi connectivity index (χ0n) is 18.4. The molecular formula is C21H26F3N5O3. The number of hydrogen-bond acceptors (Lipinski definition) is 7. The van der Waals surface area contributed by atoms with E-state index in [1.165, 1.54) is 12.3 Å². The fourth-order valence-electron chi connectivity index (χ4n) is 3.86. The summed E-state index contributed by atoms with van der Waals surface area (Å²) in [6, 6.07) is 2.37. The molecule has 0 saturated heterocycles. The predicted octanol–water partition coefficient (Wildman–Crippen LogP) is 4.64. The lowest BCUT2D eigenvalue weighted by Crippen LogP contribution is -2.35. The number of hydrogen-bond donors (Lipinski definition) is 1. The highest BCUT2D eigenvalue weighted by atomic mass is 19.4. The van der Waals surface area contributed by atoms with Gasteiger partial charge in [-0.1, -0.05) is 13.8 Å². The van der Waals surface area contributed by atoms with Gasteiger partial charge in [0.2, 0.25) is 5.82 Å². The van der Waals surface area contributed by atoms with E-state index < -0.39 is 22.4 Å². The molecule has 2 aromatic heterocycles. The third-order valence-electron chi connectivity index (χ3n) is 5.28. The Labute approximate surface area is 183 Å². The highest BCUT2D eigenvalue weighted by Crippen LogP contribution is 2.46. The second-order valence-corrected chi connectivity index (χ2v) is 8.90. The van der Waals surface area contributed by atoms with Crippen LogP contribution >= 0.6 is 0 Å². The molecule has 1 aliphatic rings. The molecule has 1 fully saturated rings. The van der Waals surface area contributed by atoms with Crippen LogP contribution in [0.15, 0.2) is 18.3 Å². The lowest BCUT2D eigenvalue weighted by atomic mass is 9.94. The van der Waals surface area contributed by atoms with Crippen LogP contribution in [-0.2, 0) is 10.9 Å². The Kier molecular flexibility index (Phi) is 6.32. The van der Waals surface area contributed by atoms with Crippen LogP contribution in [0, 0.1) is 15.5 Å². The maximum atomic E-state index is 13.7. The first kappa shape index (κ1) is 23.7. The normalized spacial score (nSPS) is 14.5. The van der Waals surface area contributed by atoms with E-state index in [1.807, 2.05) is 13.8 Å². The first-order valence-corrected chi connectivity index (χ1v) is 10.1. The van der Waals surface area contributed by atoms with Gasteiger partial charge in [-0.15, -0.1) is 0 Å². The van der Waals surface area contributed by atoms with Gasteiger partial charge >= 0.3 is 11.9 Å². The summed E-state index contributed by atoms with van der Waals surface area (Å²) in [5.74, 6) is -0.570. The van der Waals surface area contributed by atoms with Crippen LogP contribution in [-0.4, -0.2) is 42.2 Å². The fraction of sp³-hybridized carbons (Fsp3) is 0.524. The molecule has 0 atom stereocenters. The third kappa shape index (κ3) is 5.09. The summed E-state index contributed by atoms with van der Waals surface area (Å²) < 4.78 is 46.2. The number of halogens is 3. The lowest BCUT2D eigenvalue weighted by molar-refractivity contribution is -0.383. The number of nitrogens with zero attached hydrogens (tertiary/aromatic N) is 4. The number of nitrogen functional groups attached to an aromatic ring is 1. The minimum Gasteiger partial charge on any atom is -0.384 e. The van der Waals surface area contributed by atoms with Gasteiger partial charge < -0.3 is 15.4 Å². The van der Waals surface area contributed by atoms with Gasteiger partial charge in [0.1, 0.15) is 5.69 Å². The van der Waals surface area contributed by atoms with E-state index >= 15 is 0 Å². The van der Waals surface area contributed by atoms with Gasteiger partial charge in [-0.25, -0.2) is 4.98 Å². The average Bonchev–Trinajstić information content (AvgIpc) is 3.50. The first-order valence-electron chi connectivity index (χ1n) is 10.1. The SMILES string of the molecule is COCC(C)(C)CN(C)c1cc(-c2cnc(C3CC3)c(C(F)(F)F)c2)nc(N)c1[N+](=O)[O-]. The highest BCUT2D eigenvalue weighted by molar-refractivity contribution is 5.78. The molecule has 3 rings (SSSR count). The van der Waals surface area contributed by atoms with Crippen molar-refractivity contribution < 1.29 is 22.8 Å². The summed E-state index contributed by atoms with van der Waals surface area (Å²) in [5, 5.41) is 11.7. The van der Waals surface area contributed by atoms with E-state index in [0.29, 0.717) is 26.0 Å². The Morgan fingerprint density at radius 1 is 1.31 bits per heavy atom. The van der Waals surface area contributed by atoms with Crippen LogP contribution in [0.1, 0.15) is 43.9 Å². The molecule has 0 radical (unpaired) electrons. The van der Waals surface area contributed by atoms with Crippen LogP contribution in [0.25, 0.3) is 11.3 Å². The molecular weight excluding hydrogens is 427 g/mol. The number of anilines is 2. The second kappa shape index (κ2) is 8.53. The van der Waals surface area contributed by atoms with E-state index in [-0.39, 0.29) is 39.8 Å². The monoisotopic (exact) mass is 453 g/mol. The molecule has 2 heterocycles. The van der Waals surface area contributed by atoms with Crippen molar-refractivity contribution in [3.8, 4) is 11.3 Å². The fourth-order valence-corrected chi connectivity index (χ4v) is 3.86. The molecule has 2 aromatic rings. The smallest absolute Gasteiger partial charge is 0.384 e. The first-order chi connectivity index (χ1) is 14.8. The van der Waals surface area contributed by atoms with Gasteiger partial charge in [0.15, 0.2) is 0 Å². The number of rotatable bonds is 8. The van der Waals surface area contributed by atoms with E-state index in [4.69, 9.17) is 10.5 Å². The van der Waals surface area contributed by atoms with Gasteiger partial charge in [-0.3, -0.25) is 15.1 Å². The van der Waals surface area contributed by atoms with Gasteiger partial charge in [0.25, 0.3) is 0 Å². The van der Waals surface area contributed by atoms with Gasteiger partial charge in [0, 0.05) is 43.8 Å². The van der Waals surface area contributed by atoms with Crippen molar-refractivity contribution in [2.45, 2.75) is 38.8 Å². The Bertz CT molecular complexity index is 1020. The number of alkyl halides is 3. The van der Waals surface area contributed by atoms with E-state index in [1.54, 1.807) is 19.1 Å². The molecule has 0 amide bonds. The van der Waals surface area contributed by atoms with E-state index in [0.717, 1.165) is 6.07 Å². The molecule has 8 nitrogen and oxygen atoms in total. The molecule has 0 spiro atoms. The Balaban J connectivity index is 2.10. The van der Waals surface area contributed by atoms with Gasteiger partial charge in [0.05, 0.1) is 28.5 Å². The minimum atomic E-state index is -4.57. The number of nitro groups is 1. The van der Waals surface area contributed by atoms with Crippen molar-refractivity contribution in [2.24, 2.45) is 5.41 Å². The molecule has 0 aromatic carbocycles. The van der Waals surface area contributed by atoms with Crippen LogP contribution < -0.4 is 10.6 Å². The standard InChI is InChI=1S/C21H26F3N5O3/c1-20(2,11-32-4)10-28(3)16-8-15(27-19(25)18(16)29(30)31)13-7-14(21(22,23)24)17(26-9-13)12-5-6-12/h7-9,12H,5-6,10-11H2,1-4H3,(H2,25,27). The predicted molar refractivity (Wildman–Crippen MR) is 114 cm³/mol. The number of aromatic nitrogens is 2. The minimum absolute atomic E-state index is 0.0230. The number of nitrogens with two attached hydrogens (primary N) is 1. The third-order valence-corrected chi connectivity index (χ3v) is 5.28. The zero-order valence-corrected chi connectivity index (χ0v) is 18.4. The Morgan fingerprint density at radius 3 is 2.50 bits per heavy atom. The highest BCUT2D eigenvalue weighted by Gasteiger charge is 2.40. The van der Waals surface area contributed by atoms with E-state index in [9.17, 15) is 23.3 Å².